The van der Waals surface area contributed by atoms with Crippen LogP contribution in [0.25, 0.3) is 0 Å². The standard InChI is InChI=1S/C11H16ClNO2/c1-11(2,13)10(14)8-6-7(12)4-5-9(8)15-3/h4-6,10,14H,13H2,1-3H3. The zero-order valence-corrected chi connectivity index (χ0v) is 9.88. The molecule has 0 aliphatic rings. The highest BCUT2D eigenvalue weighted by Gasteiger charge is 2.27. The topological polar surface area (TPSA) is 55.5 Å². The summed E-state index contributed by atoms with van der Waals surface area (Å²) in [6.45, 7) is 3.50. The molecule has 0 radical (unpaired) electrons. The largest absolute Gasteiger partial charge is 0.496 e. The zero-order valence-electron chi connectivity index (χ0n) is 9.12. The third-order valence-electron chi connectivity index (χ3n) is 2.19. The number of methoxy groups -OCH3 is 1. The number of benzene rings is 1. The highest BCUT2D eigenvalue weighted by atomic mass is 35.5. The molecule has 0 saturated carbocycles. The van der Waals surface area contributed by atoms with Gasteiger partial charge in [-0.3, -0.25) is 0 Å². The van der Waals surface area contributed by atoms with Gasteiger partial charge in [0.25, 0.3) is 0 Å². The van der Waals surface area contributed by atoms with Crippen molar-refractivity contribution in [3.8, 4) is 5.75 Å². The molecule has 3 nitrogen and oxygen atoms in total. The highest BCUT2D eigenvalue weighted by molar-refractivity contribution is 6.30. The van der Waals surface area contributed by atoms with Gasteiger partial charge in [-0.15, -0.1) is 0 Å². The van der Waals surface area contributed by atoms with E-state index in [0.29, 0.717) is 16.3 Å². The van der Waals surface area contributed by atoms with Crippen molar-refractivity contribution in [1.29, 1.82) is 0 Å². The molecule has 0 aromatic heterocycles. The van der Waals surface area contributed by atoms with Gasteiger partial charge in [0.1, 0.15) is 5.75 Å². The van der Waals surface area contributed by atoms with Gasteiger partial charge >= 0.3 is 0 Å². The van der Waals surface area contributed by atoms with E-state index in [0.717, 1.165) is 0 Å². The molecule has 0 fully saturated rings. The molecule has 0 saturated heterocycles. The summed E-state index contributed by atoms with van der Waals surface area (Å²) in [5.41, 5.74) is 5.71. The van der Waals surface area contributed by atoms with Gasteiger partial charge in [0.15, 0.2) is 0 Å². The van der Waals surface area contributed by atoms with Gasteiger partial charge < -0.3 is 15.6 Å². The summed E-state index contributed by atoms with van der Waals surface area (Å²) in [6, 6.07) is 5.09. The number of ether oxygens (including phenoxy) is 1. The lowest BCUT2D eigenvalue weighted by Gasteiger charge is -2.27. The Bertz CT molecular complexity index is 347. The van der Waals surface area contributed by atoms with E-state index in [9.17, 15) is 5.11 Å². The Morgan fingerprint density at radius 1 is 1.47 bits per heavy atom. The van der Waals surface area contributed by atoms with Crippen LogP contribution >= 0.6 is 11.6 Å². The smallest absolute Gasteiger partial charge is 0.124 e. The second-order valence-electron chi connectivity index (χ2n) is 4.11. The predicted octanol–water partition coefficient (Wildman–Crippen LogP) is 2.12. The van der Waals surface area contributed by atoms with Crippen LogP contribution < -0.4 is 10.5 Å². The molecule has 0 aliphatic heterocycles. The fourth-order valence-corrected chi connectivity index (χ4v) is 1.50. The fourth-order valence-electron chi connectivity index (χ4n) is 1.32. The number of halogens is 1. The maximum absolute atomic E-state index is 10.0. The fraction of sp³-hybridized carbons (Fsp3) is 0.455. The van der Waals surface area contributed by atoms with Crippen LogP contribution in [0.4, 0.5) is 0 Å². The van der Waals surface area contributed by atoms with E-state index in [-0.39, 0.29) is 0 Å². The second-order valence-corrected chi connectivity index (χ2v) is 4.55. The van der Waals surface area contributed by atoms with Crippen molar-refractivity contribution in [2.75, 3.05) is 7.11 Å². The Labute approximate surface area is 94.8 Å². The first-order chi connectivity index (χ1) is 6.86. The molecule has 0 spiro atoms. The van der Waals surface area contributed by atoms with E-state index >= 15 is 0 Å². The first-order valence-corrected chi connectivity index (χ1v) is 5.04. The summed E-state index contributed by atoms with van der Waals surface area (Å²) in [6.07, 6.45) is -0.814. The van der Waals surface area contributed by atoms with E-state index in [4.69, 9.17) is 22.1 Å². The number of rotatable bonds is 3. The summed E-state index contributed by atoms with van der Waals surface area (Å²) in [5.74, 6) is 0.588. The maximum atomic E-state index is 10.0. The molecule has 1 aromatic carbocycles. The Hall–Kier alpha value is -0.770. The summed E-state index contributed by atoms with van der Waals surface area (Å²) in [5, 5.41) is 10.6. The van der Waals surface area contributed by atoms with Gasteiger partial charge in [0, 0.05) is 16.1 Å². The van der Waals surface area contributed by atoms with E-state index in [1.54, 1.807) is 39.2 Å². The van der Waals surface area contributed by atoms with Crippen LogP contribution in [0, 0.1) is 0 Å². The summed E-state index contributed by atoms with van der Waals surface area (Å²) >= 11 is 5.86. The monoisotopic (exact) mass is 229 g/mol. The Morgan fingerprint density at radius 3 is 2.53 bits per heavy atom. The second kappa shape index (κ2) is 4.39. The van der Waals surface area contributed by atoms with Crippen molar-refractivity contribution < 1.29 is 9.84 Å². The number of nitrogens with two attached hydrogens (primary N) is 1. The normalized spacial score (nSPS) is 13.7. The van der Waals surface area contributed by atoms with E-state index in [1.165, 1.54) is 0 Å². The van der Waals surface area contributed by atoms with Crippen LogP contribution in [0.15, 0.2) is 18.2 Å². The van der Waals surface area contributed by atoms with E-state index < -0.39 is 11.6 Å². The Morgan fingerprint density at radius 2 is 2.07 bits per heavy atom. The number of hydrogen-bond acceptors (Lipinski definition) is 3. The number of aliphatic hydroxyl groups is 1. The van der Waals surface area contributed by atoms with Crippen LogP contribution in [0.5, 0.6) is 5.75 Å². The van der Waals surface area contributed by atoms with Crippen LogP contribution in [0.2, 0.25) is 5.02 Å². The zero-order chi connectivity index (χ0) is 11.6. The number of aliphatic hydroxyl groups excluding tert-OH is 1. The van der Waals surface area contributed by atoms with Gasteiger partial charge in [-0.05, 0) is 32.0 Å². The van der Waals surface area contributed by atoms with Gasteiger partial charge in [-0.2, -0.15) is 0 Å². The lowest BCUT2D eigenvalue weighted by molar-refractivity contribution is 0.102. The van der Waals surface area contributed by atoms with Crippen molar-refractivity contribution in [2.24, 2.45) is 5.73 Å². The minimum absolute atomic E-state index is 0.550. The average Bonchev–Trinajstić information content (AvgIpc) is 2.15. The Kier molecular flexibility index (Phi) is 3.60. The quantitative estimate of drug-likeness (QED) is 0.835. The maximum Gasteiger partial charge on any atom is 0.124 e. The van der Waals surface area contributed by atoms with Gasteiger partial charge in [0.05, 0.1) is 13.2 Å². The molecule has 1 unspecified atom stereocenters. The molecule has 1 aromatic rings. The lowest BCUT2D eigenvalue weighted by Crippen LogP contribution is -2.39. The third-order valence-corrected chi connectivity index (χ3v) is 2.43. The van der Waals surface area contributed by atoms with Crippen molar-refractivity contribution in [1.82, 2.24) is 0 Å². The summed E-state index contributed by atoms with van der Waals surface area (Å²) < 4.78 is 5.14. The van der Waals surface area contributed by atoms with E-state index in [2.05, 4.69) is 0 Å². The minimum Gasteiger partial charge on any atom is -0.496 e. The lowest BCUT2D eigenvalue weighted by atomic mass is 9.92. The van der Waals surface area contributed by atoms with Crippen LogP contribution in [0.3, 0.4) is 0 Å². The van der Waals surface area contributed by atoms with Crippen molar-refractivity contribution >= 4 is 11.6 Å². The molecule has 4 heteroatoms. The van der Waals surface area contributed by atoms with Crippen LogP contribution in [-0.4, -0.2) is 17.8 Å². The molecule has 1 rings (SSSR count). The third kappa shape index (κ3) is 2.84. The molecular formula is C11H16ClNO2. The molecule has 84 valence electrons. The average molecular weight is 230 g/mol. The molecule has 0 amide bonds. The van der Waals surface area contributed by atoms with Crippen molar-refractivity contribution in [3.05, 3.63) is 28.8 Å². The van der Waals surface area contributed by atoms with Crippen molar-refractivity contribution in [3.63, 3.8) is 0 Å². The molecule has 3 N–H and O–H groups in total. The predicted molar refractivity (Wildman–Crippen MR) is 61.2 cm³/mol. The molecule has 0 aliphatic carbocycles. The van der Waals surface area contributed by atoms with Crippen LogP contribution in [0.1, 0.15) is 25.5 Å². The Balaban J connectivity index is 3.17. The van der Waals surface area contributed by atoms with Gasteiger partial charge in [-0.25, -0.2) is 0 Å². The first kappa shape index (κ1) is 12.3. The van der Waals surface area contributed by atoms with E-state index in [1.807, 2.05) is 0 Å². The van der Waals surface area contributed by atoms with Crippen molar-refractivity contribution in [2.45, 2.75) is 25.5 Å². The summed E-state index contributed by atoms with van der Waals surface area (Å²) in [4.78, 5) is 0. The van der Waals surface area contributed by atoms with Gasteiger partial charge in [0.2, 0.25) is 0 Å². The molecule has 0 heterocycles. The first-order valence-electron chi connectivity index (χ1n) is 4.66. The van der Waals surface area contributed by atoms with Crippen LogP contribution in [-0.2, 0) is 0 Å². The number of hydrogen-bond donors (Lipinski definition) is 2. The highest BCUT2D eigenvalue weighted by Crippen LogP contribution is 2.32. The molecule has 0 bridgehead atoms. The molecular weight excluding hydrogens is 214 g/mol. The van der Waals surface area contributed by atoms with Gasteiger partial charge in [-0.1, -0.05) is 11.6 Å². The minimum atomic E-state index is -0.814. The molecule has 1 atom stereocenters. The SMILES string of the molecule is COc1ccc(Cl)cc1C(O)C(C)(C)N. The summed E-state index contributed by atoms with van der Waals surface area (Å²) in [7, 11) is 1.54. The molecule has 15 heavy (non-hydrogen) atoms.